The van der Waals surface area contributed by atoms with E-state index in [1.54, 1.807) is 4.90 Å². The predicted molar refractivity (Wildman–Crippen MR) is 63.9 cm³/mol. The van der Waals surface area contributed by atoms with Crippen molar-refractivity contribution in [1.29, 1.82) is 0 Å². The number of carbonyl (C=O) groups excluding carboxylic acids is 1. The van der Waals surface area contributed by atoms with Crippen molar-refractivity contribution in [3.8, 4) is 0 Å². The normalized spacial score (nSPS) is 27.8. The first-order chi connectivity index (χ1) is 8.53. The first-order valence-electron chi connectivity index (χ1n) is 6.42. The van der Waals surface area contributed by atoms with Crippen LogP contribution in [-0.4, -0.2) is 53.7 Å². The van der Waals surface area contributed by atoms with Gasteiger partial charge in [0.2, 0.25) is 5.91 Å². The molecule has 6 nitrogen and oxygen atoms in total. The molecule has 2 fully saturated rings. The van der Waals surface area contributed by atoms with E-state index in [4.69, 9.17) is 15.6 Å². The summed E-state index contributed by atoms with van der Waals surface area (Å²) in [6.07, 6.45) is 2.40. The van der Waals surface area contributed by atoms with E-state index < -0.39 is 17.4 Å². The van der Waals surface area contributed by atoms with Crippen molar-refractivity contribution in [1.82, 2.24) is 4.90 Å². The molecule has 0 unspecified atom stereocenters. The first-order valence-corrected chi connectivity index (χ1v) is 6.42. The summed E-state index contributed by atoms with van der Waals surface area (Å²) < 4.78 is 5.22. The lowest BCUT2D eigenvalue weighted by Gasteiger charge is -2.39. The van der Waals surface area contributed by atoms with Crippen LogP contribution in [0.25, 0.3) is 0 Å². The summed E-state index contributed by atoms with van der Waals surface area (Å²) in [6.45, 7) is 1.90. The molecular weight excluding hydrogens is 236 g/mol. The van der Waals surface area contributed by atoms with E-state index in [-0.39, 0.29) is 12.5 Å². The van der Waals surface area contributed by atoms with Gasteiger partial charge >= 0.3 is 5.97 Å². The van der Waals surface area contributed by atoms with E-state index in [0.29, 0.717) is 39.0 Å². The maximum Gasteiger partial charge on any atom is 0.308 e. The summed E-state index contributed by atoms with van der Waals surface area (Å²) >= 11 is 0. The van der Waals surface area contributed by atoms with Crippen molar-refractivity contribution in [2.24, 2.45) is 11.7 Å². The molecule has 6 heteroatoms. The van der Waals surface area contributed by atoms with E-state index in [2.05, 4.69) is 0 Å². The fraction of sp³-hybridized carbons (Fsp3) is 0.833. The van der Waals surface area contributed by atoms with E-state index in [1.165, 1.54) is 0 Å². The van der Waals surface area contributed by atoms with Crippen LogP contribution < -0.4 is 5.73 Å². The van der Waals surface area contributed by atoms with Gasteiger partial charge in [-0.1, -0.05) is 0 Å². The molecule has 2 saturated heterocycles. The maximum absolute atomic E-state index is 12.4. The van der Waals surface area contributed by atoms with Gasteiger partial charge < -0.3 is 20.5 Å². The Labute approximate surface area is 106 Å². The molecule has 0 aromatic rings. The average molecular weight is 256 g/mol. The number of ether oxygens (including phenoxy) is 1. The molecule has 0 aromatic heterocycles. The van der Waals surface area contributed by atoms with Gasteiger partial charge in [0.15, 0.2) is 0 Å². The lowest BCUT2D eigenvalue weighted by molar-refractivity contribution is -0.148. The maximum atomic E-state index is 12.4. The van der Waals surface area contributed by atoms with Gasteiger partial charge in [-0.15, -0.1) is 0 Å². The average Bonchev–Trinajstić information content (AvgIpc) is 2.39. The minimum atomic E-state index is -0.862. The molecule has 0 bridgehead atoms. The Kier molecular flexibility index (Phi) is 3.87. The zero-order chi connectivity index (χ0) is 13.2. The van der Waals surface area contributed by atoms with Crippen LogP contribution in [0.5, 0.6) is 0 Å². The molecule has 0 saturated carbocycles. The van der Waals surface area contributed by atoms with Crippen molar-refractivity contribution < 1.29 is 19.4 Å². The Bertz CT molecular complexity index is 339. The standard InChI is InChI=1S/C12H20N2O4/c13-12(3-6-18-7-4-12)11(17)14-5-1-2-9(8-14)10(15)16/h9H,1-8,13H2,(H,15,16)/t9-/m1/s1. The molecule has 2 heterocycles. The number of hydrogen-bond donors (Lipinski definition) is 2. The number of carbonyl (C=O) groups is 2. The van der Waals surface area contributed by atoms with Crippen LogP contribution in [0.15, 0.2) is 0 Å². The monoisotopic (exact) mass is 256 g/mol. The number of hydrogen-bond acceptors (Lipinski definition) is 4. The number of nitrogens with zero attached hydrogens (tertiary/aromatic N) is 1. The number of carboxylic acids is 1. The Morgan fingerprint density at radius 3 is 2.61 bits per heavy atom. The molecule has 1 amide bonds. The summed E-state index contributed by atoms with van der Waals surface area (Å²) in [5, 5.41) is 9.02. The lowest BCUT2D eigenvalue weighted by Crippen LogP contribution is -2.59. The summed E-state index contributed by atoms with van der Waals surface area (Å²) in [5.41, 5.74) is 5.27. The summed E-state index contributed by atoms with van der Waals surface area (Å²) in [5.74, 6) is -1.39. The second-order valence-electron chi connectivity index (χ2n) is 5.20. The van der Waals surface area contributed by atoms with Gasteiger partial charge in [-0.25, -0.2) is 0 Å². The topological polar surface area (TPSA) is 92.9 Å². The summed E-state index contributed by atoms with van der Waals surface area (Å²) in [7, 11) is 0. The Morgan fingerprint density at radius 2 is 2.00 bits per heavy atom. The number of aliphatic carboxylic acids is 1. The van der Waals surface area contributed by atoms with Crippen molar-refractivity contribution in [2.75, 3.05) is 26.3 Å². The van der Waals surface area contributed by atoms with E-state index in [1.807, 2.05) is 0 Å². The third-order valence-electron chi connectivity index (χ3n) is 3.87. The smallest absolute Gasteiger partial charge is 0.308 e. The number of piperidine rings is 1. The van der Waals surface area contributed by atoms with Gasteiger partial charge in [-0.2, -0.15) is 0 Å². The number of carboxylic acid groups (broad SMARTS) is 1. The van der Waals surface area contributed by atoms with Crippen molar-refractivity contribution in [3.63, 3.8) is 0 Å². The second-order valence-corrected chi connectivity index (χ2v) is 5.20. The third kappa shape index (κ3) is 2.64. The minimum absolute atomic E-state index is 0.114. The van der Waals surface area contributed by atoms with Gasteiger partial charge in [0.1, 0.15) is 0 Å². The van der Waals surface area contributed by atoms with Crippen LogP contribution in [0, 0.1) is 5.92 Å². The van der Waals surface area contributed by atoms with Gasteiger partial charge in [0.05, 0.1) is 11.5 Å². The molecule has 0 spiro atoms. The zero-order valence-electron chi connectivity index (χ0n) is 10.4. The first kappa shape index (κ1) is 13.3. The Hall–Kier alpha value is -1.14. The number of likely N-dealkylation sites (tertiary alicyclic amines) is 1. The molecule has 3 N–H and O–H groups in total. The fourth-order valence-corrected chi connectivity index (χ4v) is 2.63. The van der Waals surface area contributed by atoms with Crippen LogP contribution in [-0.2, 0) is 14.3 Å². The minimum Gasteiger partial charge on any atom is -0.481 e. The van der Waals surface area contributed by atoms with Crippen LogP contribution >= 0.6 is 0 Å². The highest BCUT2D eigenvalue weighted by molar-refractivity contribution is 5.87. The predicted octanol–water partition coefficient (Wildman–Crippen LogP) is -0.182. The molecule has 0 aromatic carbocycles. The summed E-state index contributed by atoms with van der Waals surface area (Å²) in [6, 6.07) is 0. The second kappa shape index (κ2) is 5.24. The van der Waals surface area contributed by atoms with Crippen LogP contribution in [0.4, 0.5) is 0 Å². The van der Waals surface area contributed by atoms with E-state index in [0.717, 1.165) is 6.42 Å². The molecular formula is C12H20N2O4. The van der Waals surface area contributed by atoms with Gasteiger partial charge in [-0.05, 0) is 25.7 Å². The summed E-state index contributed by atoms with van der Waals surface area (Å²) in [4.78, 5) is 25.0. The van der Waals surface area contributed by atoms with Crippen molar-refractivity contribution >= 4 is 11.9 Å². The number of amides is 1. The number of rotatable bonds is 2. The van der Waals surface area contributed by atoms with Crippen molar-refractivity contribution in [2.45, 2.75) is 31.2 Å². The van der Waals surface area contributed by atoms with Crippen LogP contribution in [0.2, 0.25) is 0 Å². The van der Waals surface area contributed by atoms with E-state index >= 15 is 0 Å². The highest BCUT2D eigenvalue weighted by Crippen LogP contribution is 2.24. The van der Waals surface area contributed by atoms with Crippen LogP contribution in [0.3, 0.4) is 0 Å². The van der Waals surface area contributed by atoms with E-state index in [9.17, 15) is 9.59 Å². The molecule has 2 aliphatic heterocycles. The SMILES string of the molecule is NC1(C(=O)N2CCC[C@@H](C(=O)O)C2)CCOCC1. The highest BCUT2D eigenvalue weighted by Gasteiger charge is 2.40. The molecule has 102 valence electrons. The zero-order valence-corrected chi connectivity index (χ0v) is 10.4. The molecule has 0 radical (unpaired) electrons. The largest absolute Gasteiger partial charge is 0.481 e. The fourth-order valence-electron chi connectivity index (χ4n) is 2.63. The Balaban J connectivity index is 2.01. The van der Waals surface area contributed by atoms with Crippen molar-refractivity contribution in [3.05, 3.63) is 0 Å². The van der Waals surface area contributed by atoms with Gasteiger partial charge in [-0.3, -0.25) is 9.59 Å². The van der Waals surface area contributed by atoms with Gasteiger partial charge in [0, 0.05) is 26.3 Å². The third-order valence-corrected chi connectivity index (χ3v) is 3.87. The van der Waals surface area contributed by atoms with Gasteiger partial charge in [0.25, 0.3) is 0 Å². The molecule has 18 heavy (non-hydrogen) atoms. The number of nitrogens with two attached hydrogens (primary N) is 1. The molecule has 2 aliphatic rings. The lowest BCUT2D eigenvalue weighted by atomic mass is 9.88. The highest BCUT2D eigenvalue weighted by atomic mass is 16.5. The molecule has 0 aliphatic carbocycles. The van der Waals surface area contributed by atoms with Crippen LogP contribution in [0.1, 0.15) is 25.7 Å². The molecule has 1 atom stereocenters. The quantitative estimate of drug-likeness (QED) is 0.714. The Morgan fingerprint density at radius 1 is 1.33 bits per heavy atom. The molecule has 2 rings (SSSR count).